The van der Waals surface area contributed by atoms with Gasteiger partial charge in [-0.15, -0.1) is 0 Å². The number of likely N-dealkylation sites (N-methyl/N-ethyl adjacent to an activating group) is 1. The highest BCUT2D eigenvalue weighted by Crippen LogP contribution is 2.11. The molecule has 1 amide bonds. The predicted molar refractivity (Wildman–Crippen MR) is 77.5 cm³/mol. The summed E-state index contributed by atoms with van der Waals surface area (Å²) >= 11 is 2.18. The second-order valence-corrected chi connectivity index (χ2v) is 5.23. The maximum Gasteiger partial charge on any atom is 0.320 e. The topological polar surface area (TPSA) is 69.6 Å². The second kappa shape index (κ2) is 6.69. The van der Waals surface area contributed by atoms with E-state index in [-0.39, 0.29) is 12.5 Å². The van der Waals surface area contributed by atoms with Gasteiger partial charge in [0.1, 0.15) is 6.04 Å². The normalized spacial score (nSPS) is 12.2. The third-order valence-electron chi connectivity index (χ3n) is 2.54. The van der Waals surface area contributed by atoms with Crippen molar-refractivity contribution < 1.29 is 14.7 Å². The average Bonchev–Trinajstić information content (AvgIpc) is 2.30. The Morgan fingerprint density at radius 1 is 1.39 bits per heavy atom. The van der Waals surface area contributed by atoms with Gasteiger partial charge in [-0.2, -0.15) is 0 Å². The average molecular weight is 362 g/mol. The second-order valence-electron chi connectivity index (χ2n) is 3.98. The Labute approximate surface area is 119 Å². The fourth-order valence-corrected chi connectivity index (χ4v) is 1.65. The van der Waals surface area contributed by atoms with Crippen LogP contribution in [0.15, 0.2) is 24.3 Å². The molecule has 0 aliphatic carbocycles. The highest BCUT2D eigenvalue weighted by atomic mass is 127. The van der Waals surface area contributed by atoms with Gasteiger partial charge in [0.25, 0.3) is 0 Å². The number of carbonyl (C=O) groups excluding carboxylic acids is 1. The third kappa shape index (κ3) is 4.61. The lowest BCUT2D eigenvalue weighted by Gasteiger charge is -2.20. The molecule has 1 aromatic carbocycles. The number of carboxylic acid groups (broad SMARTS) is 1. The SMILES string of the molecule is CC(C(=O)O)N(C)CC(=O)Nc1ccc(I)cc1. The lowest BCUT2D eigenvalue weighted by atomic mass is 10.3. The molecule has 1 rings (SSSR count). The van der Waals surface area contributed by atoms with E-state index in [2.05, 4.69) is 27.9 Å². The van der Waals surface area contributed by atoms with Crippen LogP contribution >= 0.6 is 22.6 Å². The van der Waals surface area contributed by atoms with Gasteiger partial charge in [-0.05, 0) is 60.8 Å². The van der Waals surface area contributed by atoms with Crippen molar-refractivity contribution >= 4 is 40.2 Å². The summed E-state index contributed by atoms with van der Waals surface area (Å²) in [4.78, 5) is 23.9. The van der Waals surface area contributed by atoms with E-state index in [1.165, 1.54) is 4.90 Å². The minimum absolute atomic E-state index is 0.0411. The maximum absolute atomic E-state index is 11.7. The van der Waals surface area contributed by atoms with E-state index < -0.39 is 12.0 Å². The lowest BCUT2D eigenvalue weighted by Crippen LogP contribution is -2.40. The van der Waals surface area contributed by atoms with Gasteiger partial charge in [0.2, 0.25) is 5.91 Å². The van der Waals surface area contributed by atoms with E-state index in [1.54, 1.807) is 26.1 Å². The number of anilines is 1. The van der Waals surface area contributed by atoms with Crippen LogP contribution in [-0.4, -0.2) is 41.5 Å². The highest BCUT2D eigenvalue weighted by molar-refractivity contribution is 14.1. The lowest BCUT2D eigenvalue weighted by molar-refractivity contribution is -0.142. The van der Waals surface area contributed by atoms with E-state index in [9.17, 15) is 9.59 Å². The van der Waals surface area contributed by atoms with Crippen LogP contribution in [-0.2, 0) is 9.59 Å². The van der Waals surface area contributed by atoms with Crippen molar-refractivity contribution in [3.8, 4) is 0 Å². The number of halogens is 1. The van der Waals surface area contributed by atoms with Gasteiger partial charge in [0.05, 0.1) is 6.54 Å². The Morgan fingerprint density at radius 2 is 1.94 bits per heavy atom. The van der Waals surface area contributed by atoms with Crippen LogP contribution in [0.4, 0.5) is 5.69 Å². The molecule has 18 heavy (non-hydrogen) atoms. The molecule has 0 saturated carbocycles. The molecule has 0 aromatic heterocycles. The Kier molecular flexibility index (Phi) is 5.54. The molecule has 0 aliphatic rings. The number of rotatable bonds is 5. The number of aliphatic carboxylic acids is 1. The van der Waals surface area contributed by atoms with Crippen LogP contribution in [0.1, 0.15) is 6.92 Å². The number of hydrogen-bond acceptors (Lipinski definition) is 3. The Bertz CT molecular complexity index is 433. The number of nitrogens with one attached hydrogen (secondary N) is 1. The van der Waals surface area contributed by atoms with Gasteiger partial charge >= 0.3 is 5.97 Å². The summed E-state index contributed by atoms with van der Waals surface area (Å²) in [5.74, 6) is -1.17. The first-order valence-corrected chi connectivity index (χ1v) is 6.46. The molecule has 0 radical (unpaired) electrons. The molecular weight excluding hydrogens is 347 g/mol. The van der Waals surface area contributed by atoms with Crippen molar-refractivity contribution in [1.82, 2.24) is 4.90 Å². The molecule has 0 bridgehead atoms. The van der Waals surface area contributed by atoms with E-state index in [4.69, 9.17) is 5.11 Å². The largest absolute Gasteiger partial charge is 0.480 e. The van der Waals surface area contributed by atoms with Crippen LogP contribution in [0.5, 0.6) is 0 Å². The Hall–Kier alpha value is -1.15. The number of amides is 1. The monoisotopic (exact) mass is 362 g/mol. The zero-order valence-electron chi connectivity index (χ0n) is 10.2. The molecule has 98 valence electrons. The van der Waals surface area contributed by atoms with Crippen LogP contribution in [0.3, 0.4) is 0 Å². The minimum Gasteiger partial charge on any atom is -0.480 e. The van der Waals surface area contributed by atoms with Gasteiger partial charge in [0, 0.05) is 9.26 Å². The summed E-state index contributed by atoms with van der Waals surface area (Å²) in [7, 11) is 1.60. The van der Waals surface area contributed by atoms with E-state index in [0.29, 0.717) is 5.69 Å². The van der Waals surface area contributed by atoms with E-state index in [1.807, 2.05) is 12.1 Å². The zero-order chi connectivity index (χ0) is 13.7. The molecule has 0 aliphatic heterocycles. The maximum atomic E-state index is 11.7. The quantitative estimate of drug-likeness (QED) is 0.782. The summed E-state index contributed by atoms with van der Waals surface area (Å²) in [6, 6.07) is 6.70. The van der Waals surface area contributed by atoms with E-state index >= 15 is 0 Å². The van der Waals surface area contributed by atoms with Crippen molar-refractivity contribution in [1.29, 1.82) is 0 Å². The van der Waals surface area contributed by atoms with Crippen LogP contribution in [0, 0.1) is 3.57 Å². The molecule has 0 saturated heterocycles. The Morgan fingerprint density at radius 3 is 2.44 bits per heavy atom. The standard InChI is InChI=1S/C12H15IN2O3/c1-8(12(17)18)15(2)7-11(16)14-10-5-3-9(13)4-6-10/h3-6,8H,7H2,1-2H3,(H,14,16)(H,17,18). The van der Waals surface area contributed by atoms with Crippen LogP contribution in [0.2, 0.25) is 0 Å². The van der Waals surface area contributed by atoms with Gasteiger partial charge in [0.15, 0.2) is 0 Å². The molecule has 0 fully saturated rings. The molecule has 1 aromatic rings. The van der Waals surface area contributed by atoms with Gasteiger partial charge < -0.3 is 10.4 Å². The number of carbonyl (C=O) groups is 2. The number of carboxylic acids is 1. The first-order chi connectivity index (χ1) is 8.40. The van der Waals surface area contributed by atoms with Crippen molar-refractivity contribution in [3.05, 3.63) is 27.8 Å². The van der Waals surface area contributed by atoms with Gasteiger partial charge in [-0.3, -0.25) is 14.5 Å². The number of nitrogens with zero attached hydrogens (tertiary/aromatic N) is 1. The fourth-order valence-electron chi connectivity index (χ4n) is 1.29. The molecule has 0 heterocycles. The molecule has 2 N–H and O–H groups in total. The fraction of sp³-hybridized carbons (Fsp3) is 0.333. The smallest absolute Gasteiger partial charge is 0.320 e. The molecule has 6 heteroatoms. The van der Waals surface area contributed by atoms with Crippen molar-refractivity contribution in [2.75, 3.05) is 18.9 Å². The summed E-state index contributed by atoms with van der Waals surface area (Å²) in [6.45, 7) is 1.58. The predicted octanol–water partition coefficient (Wildman–Crippen LogP) is 1.63. The third-order valence-corrected chi connectivity index (χ3v) is 3.26. The molecule has 0 spiro atoms. The Balaban J connectivity index is 2.51. The molecule has 1 atom stereocenters. The van der Waals surface area contributed by atoms with Gasteiger partial charge in [-0.1, -0.05) is 0 Å². The molecule has 5 nitrogen and oxygen atoms in total. The highest BCUT2D eigenvalue weighted by Gasteiger charge is 2.18. The van der Waals surface area contributed by atoms with Crippen molar-refractivity contribution in [3.63, 3.8) is 0 Å². The summed E-state index contributed by atoms with van der Waals surface area (Å²) in [6.07, 6.45) is 0. The first kappa shape index (κ1) is 14.9. The van der Waals surface area contributed by atoms with Crippen LogP contribution < -0.4 is 5.32 Å². The number of hydrogen-bond donors (Lipinski definition) is 2. The molecule has 1 unspecified atom stereocenters. The van der Waals surface area contributed by atoms with Crippen molar-refractivity contribution in [2.24, 2.45) is 0 Å². The number of benzene rings is 1. The zero-order valence-corrected chi connectivity index (χ0v) is 12.3. The summed E-state index contributed by atoms with van der Waals surface area (Å²) in [5.41, 5.74) is 0.705. The van der Waals surface area contributed by atoms with E-state index in [0.717, 1.165) is 3.57 Å². The van der Waals surface area contributed by atoms with Gasteiger partial charge in [-0.25, -0.2) is 0 Å². The first-order valence-electron chi connectivity index (χ1n) is 5.38. The minimum atomic E-state index is -0.945. The van der Waals surface area contributed by atoms with Crippen LogP contribution in [0.25, 0.3) is 0 Å². The summed E-state index contributed by atoms with van der Waals surface area (Å²) < 4.78 is 1.09. The molecular formula is C12H15IN2O3. The van der Waals surface area contributed by atoms with Crippen molar-refractivity contribution in [2.45, 2.75) is 13.0 Å². The summed E-state index contributed by atoms with van der Waals surface area (Å²) in [5, 5.41) is 11.5.